The van der Waals surface area contributed by atoms with Crippen molar-refractivity contribution in [1.29, 1.82) is 5.26 Å². The molecule has 4 rings (SSSR count). The van der Waals surface area contributed by atoms with Gasteiger partial charge in [0, 0.05) is 16.1 Å². The van der Waals surface area contributed by atoms with Gasteiger partial charge in [-0.3, -0.25) is 0 Å². The van der Waals surface area contributed by atoms with Crippen molar-refractivity contribution in [3.63, 3.8) is 0 Å². The molecule has 3 aromatic rings. The van der Waals surface area contributed by atoms with Gasteiger partial charge in [0.05, 0.1) is 31.2 Å². The summed E-state index contributed by atoms with van der Waals surface area (Å²) in [5.41, 5.74) is 10.8. The highest BCUT2D eigenvalue weighted by Gasteiger charge is 2.31. The zero-order valence-electron chi connectivity index (χ0n) is 16.7. The quantitative estimate of drug-likeness (QED) is 0.650. The number of aromatic nitrogens is 2. The number of methoxy groups -OCH3 is 2. The lowest BCUT2D eigenvalue weighted by atomic mass is 10.0. The smallest absolute Gasteiger partial charge is 0.161 e. The molecular formula is C22H20ClN5O2. The summed E-state index contributed by atoms with van der Waals surface area (Å²) in [6.45, 7) is 1.91. The first-order valence-electron chi connectivity index (χ1n) is 9.22. The SMILES string of the molecule is COc1ccc(C2=C(C#N)[C@H](N)n3nc(C)c(-c4ccc(Cl)cc4)c3N2)cc1OC. The number of nitriles is 1. The topological polar surface area (TPSA) is 98.1 Å². The number of hydrogen-bond acceptors (Lipinski definition) is 6. The molecule has 1 aliphatic rings. The van der Waals surface area contributed by atoms with Gasteiger partial charge < -0.3 is 20.5 Å². The molecule has 0 fully saturated rings. The largest absolute Gasteiger partial charge is 0.493 e. The van der Waals surface area contributed by atoms with Crippen LogP contribution in [0.2, 0.25) is 5.02 Å². The standard InChI is InChI=1S/C22H20ClN5O2/c1-12-19(13-4-7-15(23)8-5-13)22-26-20(16(11-24)21(25)28(22)27-12)14-6-9-17(29-2)18(10-14)30-3/h4-10,21,26H,25H2,1-3H3/t21-/m1/s1. The molecule has 0 saturated heterocycles. The molecule has 8 heteroatoms. The number of aryl methyl sites for hydroxylation is 1. The summed E-state index contributed by atoms with van der Waals surface area (Å²) in [5.74, 6) is 1.87. The van der Waals surface area contributed by atoms with Gasteiger partial charge in [0.15, 0.2) is 11.5 Å². The Morgan fingerprint density at radius 1 is 1.10 bits per heavy atom. The number of benzene rings is 2. The number of rotatable bonds is 4. The molecule has 1 aromatic heterocycles. The van der Waals surface area contributed by atoms with E-state index in [9.17, 15) is 5.26 Å². The second kappa shape index (κ2) is 7.75. The maximum atomic E-state index is 9.83. The van der Waals surface area contributed by atoms with Gasteiger partial charge in [-0.15, -0.1) is 0 Å². The minimum absolute atomic E-state index is 0.375. The van der Waals surface area contributed by atoms with Crippen molar-refractivity contribution in [1.82, 2.24) is 9.78 Å². The zero-order valence-corrected chi connectivity index (χ0v) is 17.5. The lowest BCUT2D eigenvalue weighted by Gasteiger charge is -2.26. The van der Waals surface area contributed by atoms with Crippen LogP contribution in [0.3, 0.4) is 0 Å². The molecule has 2 aromatic carbocycles. The fraction of sp³-hybridized carbons (Fsp3) is 0.182. The molecule has 2 heterocycles. The highest BCUT2D eigenvalue weighted by atomic mass is 35.5. The third kappa shape index (κ3) is 3.16. The van der Waals surface area contributed by atoms with Crippen LogP contribution < -0.4 is 20.5 Å². The Balaban J connectivity index is 1.87. The van der Waals surface area contributed by atoms with Crippen LogP contribution in [0.15, 0.2) is 48.0 Å². The summed E-state index contributed by atoms with van der Waals surface area (Å²) in [5, 5.41) is 18.5. The van der Waals surface area contributed by atoms with E-state index < -0.39 is 6.17 Å². The van der Waals surface area contributed by atoms with E-state index in [2.05, 4.69) is 16.5 Å². The minimum atomic E-state index is -0.728. The minimum Gasteiger partial charge on any atom is -0.493 e. The van der Waals surface area contributed by atoms with Crippen LogP contribution in [0.5, 0.6) is 11.5 Å². The Bertz CT molecular complexity index is 1190. The molecule has 7 nitrogen and oxygen atoms in total. The van der Waals surface area contributed by atoms with Gasteiger partial charge in [-0.2, -0.15) is 10.4 Å². The number of ether oxygens (including phenoxy) is 2. The number of nitrogens with zero attached hydrogens (tertiary/aromatic N) is 3. The molecular weight excluding hydrogens is 402 g/mol. The van der Waals surface area contributed by atoms with Crippen molar-refractivity contribution in [3.8, 4) is 28.7 Å². The Labute approximate surface area is 179 Å². The van der Waals surface area contributed by atoms with Crippen molar-refractivity contribution in [2.45, 2.75) is 13.1 Å². The predicted molar refractivity (Wildman–Crippen MR) is 116 cm³/mol. The first kappa shape index (κ1) is 19.8. The maximum absolute atomic E-state index is 9.83. The normalized spacial score (nSPS) is 15.3. The number of fused-ring (bicyclic) bond motifs is 1. The van der Waals surface area contributed by atoms with E-state index in [-0.39, 0.29) is 0 Å². The molecule has 30 heavy (non-hydrogen) atoms. The first-order valence-corrected chi connectivity index (χ1v) is 9.60. The van der Waals surface area contributed by atoms with Crippen molar-refractivity contribution < 1.29 is 9.47 Å². The molecule has 0 amide bonds. The summed E-state index contributed by atoms with van der Waals surface area (Å²) in [4.78, 5) is 0. The third-order valence-corrected chi connectivity index (χ3v) is 5.33. The molecule has 1 aliphatic heterocycles. The molecule has 0 unspecified atom stereocenters. The van der Waals surface area contributed by atoms with Gasteiger partial charge in [-0.25, -0.2) is 4.68 Å². The van der Waals surface area contributed by atoms with Gasteiger partial charge in [-0.1, -0.05) is 23.7 Å². The monoisotopic (exact) mass is 421 g/mol. The number of nitrogens with one attached hydrogen (secondary N) is 1. The summed E-state index contributed by atoms with van der Waals surface area (Å²) < 4.78 is 12.4. The van der Waals surface area contributed by atoms with Crippen molar-refractivity contribution in [2.24, 2.45) is 5.73 Å². The average Bonchev–Trinajstić information content (AvgIpc) is 3.10. The lowest BCUT2D eigenvalue weighted by molar-refractivity contribution is 0.355. The van der Waals surface area contributed by atoms with Crippen LogP contribution in [-0.2, 0) is 0 Å². The van der Waals surface area contributed by atoms with Gasteiger partial charge >= 0.3 is 0 Å². The predicted octanol–water partition coefficient (Wildman–Crippen LogP) is 4.35. The van der Waals surface area contributed by atoms with Crippen LogP contribution in [-0.4, -0.2) is 24.0 Å². The third-order valence-electron chi connectivity index (χ3n) is 5.08. The van der Waals surface area contributed by atoms with Gasteiger partial charge in [0.25, 0.3) is 0 Å². The van der Waals surface area contributed by atoms with Crippen LogP contribution >= 0.6 is 11.6 Å². The summed E-state index contributed by atoms with van der Waals surface area (Å²) in [6, 6.07) is 15.2. The summed E-state index contributed by atoms with van der Waals surface area (Å²) >= 11 is 6.05. The van der Waals surface area contributed by atoms with E-state index in [1.54, 1.807) is 25.0 Å². The summed E-state index contributed by atoms with van der Waals surface area (Å²) in [6.07, 6.45) is -0.728. The average molecular weight is 422 g/mol. The zero-order chi connectivity index (χ0) is 21.4. The van der Waals surface area contributed by atoms with Crippen LogP contribution in [0, 0.1) is 18.3 Å². The molecule has 0 bridgehead atoms. The molecule has 0 aliphatic carbocycles. The number of halogens is 1. The van der Waals surface area contributed by atoms with Gasteiger partial charge in [-0.05, 0) is 42.8 Å². The highest BCUT2D eigenvalue weighted by Crippen LogP contribution is 2.41. The molecule has 0 saturated carbocycles. The molecule has 3 N–H and O–H groups in total. The van der Waals surface area contributed by atoms with E-state index in [1.165, 1.54) is 0 Å². The fourth-order valence-corrected chi connectivity index (χ4v) is 3.75. The van der Waals surface area contributed by atoms with Gasteiger partial charge in [0.1, 0.15) is 18.1 Å². The molecule has 1 atom stereocenters. The van der Waals surface area contributed by atoms with E-state index in [0.29, 0.717) is 33.6 Å². The second-order valence-electron chi connectivity index (χ2n) is 6.80. The van der Waals surface area contributed by atoms with Crippen LogP contribution in [0.1, 0.15) is 17.4 Å². The molecule has 0 radical (unpaired) electrons. The number of nitrogens with two attached hydrogens (primary N) is 1. The van der Waals surface area contributed by atoms with E-state index in [4.69, 9.17) is 26.8 Å². The Kier molecular flexibility index (Phi) is 5.12. The van der Waals surface area contributed by atoms with Crippen molar-refractivity contribution in [2.75, 3.05) is 19.5 Å². The Hall–Kier alpha value is -3.47. The van der Waals surface area contributed by atoms with E-state index in [0.717, 1.165) is 22.4 Å². The first-order chi connectivity index (χ1) is 14.5. The fourth-order valence-electron chi connectivity index (χ4n) is 3.63. The van der Waals surface area contributed by atoms with Crippen molar-refractivity contribution >= 4 is 23.1 Å². The number of hydrogen-bond donors (Lipinski definition) is 2. The number of anilines is 1. The summed E-state index contributed by atoms with van der Waals surface area (Å²) in [7, 11) is 3.14. The lowest BCUT2D eigenvalue weighted by Crippen LogP contribution is -2.29. The molecule has 0 spiro atoms. The van der Waals surface area contributed by atoms with Crippen molar-refractivity contribution in [3.05, 3.63) is 64.3 Å². The van der Waals surface area contributed by atoms with Crippen LogP contribution in [0.4, 0.5) is 5.82 Å². The molecule has 152 valence electrons. The highest BCUT2D eigenvalue weighted by molar-refractivity contribution is 6.30. The van der Waals surface area contributed by atoms with E-state index in [1.807, 2.05) is 43.3 Å². The Morgan fingerprint density at radius 2 is 1.77 bits per heavy atom. The van der Waals surface area contributed by atoms with E-state index >= 15 is 0 Å². The van der Waals surface area contributed by atoms with Crippen LogP contribution in [0.25, 0.3) is 16.8 Å². The second-order valence-corrected chi connectivity index (χ2v) is 7.24. The maximum Gasteiger partial charge on any atom is 0.161 e. The Morgan fingerprint density at radius 3 is 2.40 bits per heavy atom. The van der Waals surface area contributed by atoms with Gasteiger partial charge in [0.2, 0.25) is 0 Å².